The Kier molecular flexibility index (Phi) is 6.61. The normalized spacial score (nSPS) is 9.54. The van der Waals surface area contributed by atoms with Gasteiger partial charge in [-0.2, -0.15) is 11.2 Å². The van der Waals surface area contributed by atoms with Crippen LogP contribution in [0, 0.1) is 12.1 Å². The zero-order chi connectivity index (χ0) is 15.9. The second-order valence-electron chi connectivity index (χ2n) is 4.71. The number of aromatic nitrogens is 5. The second-order valence-corrected chi connectivity index (χ2v) is 4.71. The molecule has 0 N–H and O–H groups in total. The molecule has 0 saturated carbocycles. The molecule has 0 saturated heterocycles. The Labute approximate surface area is 154 Å². The van der Waals surface area contributed by atoms with Gasteiger partial charge in [-0.25, -0.2) is 6.07 Å². The number of imidazole rings is 1. The number of pyridine rings is 1. The van der Waals surface area contributed by atoms with Crippen molar-refractivity contribution in [2.45, 2.75) is 0 Å². The van der Waals surface area contributed by atoms with Crippen LogP contribution in [0.15, 0.2) is 73.6 Å². The molecule has 0 bridgehead atoms. The zero-order valence-corrected chi connectivity index (χ0v) is 15.4. The molecule has 0 spiro atoms. The molecular weight excluding hydrogens is 478 g/mol. The van der Waals surface area contributed by atoms with Crippen LogP contribution in [0.1, 0.15) is 0 Å². The van der Waals surface area contributed by atoms with Crippen LogP contribution in [-0.2, 0) is 27.2 Å². The van der Waals surface area contributed by atoms with Gasteiger partial charge in [0.1, 0.15) is 0 Å². The molecule has 0 unspecified atom stereocenters. The molecule has 24 heavy (non-hydrogen) atoms. The maximum Gasteiger partial charge on any atom is 0.0555 e. The first kappa shape index (κ1) is 17.8. The molecule has 0 fully saturated rings. The fourth-order valence-corrected chi connectivity index (χ4v) is 2.02. The Hall–Kier alpha value is -2.56. The van der Waals surface area contributed by atoms with Gasteiger partial charge >= 0.3 is 0 Å². The number of hydrogen-bond acceptors (Lipinski definition) is 3. The molecule has 1 radical (unpaired) electrons. The second kappa shape index (κ2) is 8.91. The predicted octanol–water partition coefficient (Wildman–Crippen LogP) is 2.95. The van der Waals surface area contributed by atoms with Gasteiger partial charge in [0.25, 0.3) is 0 Å². The van der Waals surface area contributed by atoms with E-state index in [0.717, 1.165) is 17.1 Å². The third kappa shape index (κ3) is 4.47. The van der Waals surface area contributed by atoms with Crippen molar-refractivity contribution in [3.63, 3.8) is 0 Å². The molecule has 0 atom stereocenters. The molecule has 4 aromatic rings. The van der Waals surface area contributed by atoms with Crippen LogP contribution in [0.25, 0.3) is 17.1 Å². The van der Waals surface area contributed by atoms with Crippen LogP contribution >= 0.6 is 0 Å². The van der Waals surface area contributed by atoms with Crippen molar-refractivity contribution in [3.05, 3.63) is 85.7 Å². The largest absolute Gasteiger partial charge is 0.373 e. The van der Waals surface area contributed by atoms with Gasteiger partial charge in [-0.05, 0) is 6.07 Å². The minimum atomic E-state index is 0. The molecule has 0 aliphatic carbocycles. The van der Waals surface area contributed by atoms with Crippen molar-refractivity contribution >= 4 is 0 Å². The summed E-state index contributed by atoms with van der Waals surface area (Å²) in [5.41, 5.74) is 1.94. The molecule has 0 aliphatic heterocycles. The van der Waals surface area contributed by atoms with Crippen LogP contribution in [-0.4, -0.2) is 24.3 Å². The summed E-state index contributed by atoms with van der Waals surface area (Å²) in [6.45, 7) is 0. The molecule has 3 heterocycles. The van der Waals surface area contributed by atoms with Crippen molar-refractivity contribution < 1.29 is 20.1 Å². The van der Waals surface area contributed by atoms with Gasteiger partial charge in [-0.15, -0.1) is 41.6 Å². The van der Waals surface area contributed by atoms with Crippen molar-refractivity contribution in [1.29, 1.82) is 0 Å². The monoisotopic (exact) mass is 494 g/mol. The quantitative estimate of drug-likeness (QED) is 0.404. The van der Waals surface area contributed by atoms with E-state index in [1.807, 2.05) is 60.4 Å². The summed E-state index contributed by atoms with van der Waals surface area (Å²) < 4.78 is 3.72. The molecular formula is C18H15IrN5-2. The maximum atomic E-state index is 4.22. The van der Waals surface area contributed by atoms with Gasteiger partial charge in [0.2, 0.25) is 0 Å². The van der Waals surface area contributed by atoms with Crippen molar-refractivity contribution in [1.82, 2.24) is 24.3 Å². The van der Waals surface area contributed by atoms with E-state index in [-0.39, 0.29) is 20.1 Å². The van der Waals surface area contributed by atoms with Crippen LogP contribution in [0.3, 0.4) is 0 Å². The molecule has 6 heteroatoms. The van der Waals surface area contributed by atoms with E-state index in [1.165, 1.54) is 0 Å². The van der Waals surface area contributed by atoms with E-state index in [2.05, 4.69) is 27.2 Å². The Morgan fingerprint density at radius 2 is 1.88 bits per heavy atom. The SMILES string of the molecule is Cn1ccnc1-c1[c-]cccc1.[Ir].[c-]1cnccc1-n1cccn1. The van der Waals surface area contributed by atoms with E-state index in [9.17, 15) is 0 Å². The van der Waals surface area contributed by atoms with Crippen molar-refractivity contribution in [3.8, 4) is 17.1 Å². The van der Waals surface area contributed by atoms with Crippen molar-refractivity contribution in [2.75, 3.05) is 0 Å². The number of hydrogen-bond donors (Lipinski definition) is 0. The molecule has 3 aromatic heterocycles. The van der Waals surface area contributed by atoms with Crippen LogP contribution in [0.5, 0.6) is 0 Å². The summed E-state index contributed by atoms with van der Waals surface area (Å²) in [6.07, 6.45) is 10.6. The van der Waals surface area contributed by atoms with Crippen LogP contribution in [0.2, 0.25) is 0 Å². The Morgan fingerprint density at radius 1 is 0.958 bits per heavy atom. The standard InChI is InChI=1S/C10H9N2.C8H6N3.Ir/c1-12-8-7-11-10(12)9-5-3-2-4-6-9;1-4-10-11(7-1)8-2-5-9-6-3-8;/h2-5,7-8H,1H3;1-2,4-7H;/q2*-1;. The average Bonchev–Trinajstić information content (AvgIpc) is 3.29. The molecule has 4 rings (SSSR count). The molecule has 1 aromatic carbocycles. The fraction of sp³-hybridized carbons (Fsp3) is 0.0556. The summed E-state index contributed by atoms with van der Waals surface area (Å²) in [7, 11) is 1.98. The fourth-order valence-electron chi connectivity index (χ4n) is 2.02. The first-order chi connectivity index (χ1) is 11.3. The number of rotatable bonds is 2. The molecule has 0 amide bonds. The summed E-state index contributed by atoms with van der Waals surface area (Å²) >= 11 is 0. The Balaban J connectivity index is 0.000000167. The third-order valence-corrected chi connectivity index (χ3v) is 3.13. The van der Waals surface area contributed by atoms with E-state index < -0.39 is 0 Å². The predicted molar refractivity (Wildman–Crippen MR) is 87.7 cm³/mol. The summed E-state index contributed by atoms with van der Waals surface area (Å²) in [6, 6.07) is 17.6. The van der Waals surface area contributed by atoms with Crippen LogP contribution in [0.4, 0.5) is 0 Å². The van der Waals surface area contributed by atoms with E-state index in [4.69, 9.17) is 0 Å². The van der Waals surface area contributed by atoms with E-state index in [0.29, 0.717) is 0 Å². The number of nitrogens with zero attached hydrogens (tertiary/aromatic N) is 5. The molecule has 0 aliphatic rings. The Morgan fingerprint density at radius 3 is 2.46 bits per heavy atom. The summed E-state index contributed by atoms with van der Waals surface area (Å²) in [5.74, 6) is 0.954. The topological polar surface area (TPSA) is 48.5 Å². The van der Waals surface area contributed by atoms with E-state index in [1.54, 1.807) is 29.5 Å². The first-order valence-electron chi connectivity index (χ1n) is 7.11. The summed E-state index contributed by atoms with van der Waals surface area (Å²) in [4.78, 5) is 8.08. The number of benzene rings is 1. The van der Waals surface area contributed by atoms with Crippen LogP contribution < -0.4 is 0 Å². The summed E-state index contributed by atoms with van der Waals surface area (Å²) in [5, 5.41) is 4.04. The van der Waals surface area contributed by atoms with Gasteiger partial charge in [-0.1, -0.05) is 12.4 Å². The van der Waals surface area contributed by atoms with Gasteiger partial charge in [0.05, 0.1) is 5.82 Å². The van der Waals surface area contributed by atoms with Crippen molar-refractivity contribution in [2.24, 2.45) is 7.05 Å². The minimum Gasteiger partial charge on any atom is -0.373 e. The van der Waals surface area contributed by atoms with Gasteiger partial charge < -0.3 is 9.55 Å². The van der Waals surface area contributed by atoms with E-state index >= 15 is 0 Å². The third-order valence-electron chi connectivity index (χ3n) is 3.13. The minimum absolute atomic E-state index is 0. The zero-order valence-electron chi connectivity index (χ0n) is 13.0. The number of aryl methyl sites for hydroxylation is 1. The van der Waals surface area contributed by atoms with Gasteiger partial charge in [0, 0.05) is 51.9 Å². The van der Waals surface area contributed by atoms with Gasteiger partial charge in [0.15, 0.2) is 0 Å². The molecule has 123 valence electrons. The molecule has 5 nitrogen and oxygen atoms in total. The smallest absolute Gasteiger partial charge is 0.0555 e. The maximum absolute atomic E-state index is 4.22. The average molecular weight is 494 g/mol. The Bertz CT molecular complexity index is 826. The van der Waals surface area contributed by atoms with Gasteiger partial charge in [-0.3, -0.25) is 9.67 Å². The first-order valence-corrected chi connectivity index (χ1v) is 7.11.